The number of carbonyl (C=O) groups is 1. The topological polar surface area (TPSA) is 87.6 Å². The molecule has 0 fully saturated rings. The zero-order valence-electron chi connectivity index (χ0n) is 12.5. The number of hydrogen-bond donors (Lipinski definition) is 2. The van der Waals surface area contributed by atoms with E-state index >= 15 is 0 Å². The molecule has 0 radical (unpaired) electrons. The summed E-state index contributed by atoms with van der Waals surface area (Å²) in [6, 6.07) is 11.6. The smallest absolute Gasteiger partial charge is 0.343 e. The number of nitrogens with two attached hydrogens (primary N) is 2. The highest BCUT2D eigenvalue weighted by Gasteiger charge is 2.10. The highest BCUT2D eigenvalue weighted by atomic mass is 16.5. The summed E-state index contributed by atoms with van der Waals surface area (Å²) in [5, 5.41) is 0. The van der Waals surface area contributed by atoms with Crippen molar-refractivity contribution in [3.8, 4) is 11.5 Å². The Kier molecular flexibility index (Phi) is 5.25. The summed E-state index contributed by atoms with van der Waals surface area (Å²) in [6.07, 6.45) is 2.09. The summed E-state index contributed by atoms with van der Waals surface area (Å²) < 4.78 is 10.8. The minimum atomic E-state index is -0.501. The Morgan fingerprint density at radius 2 is 1.59 bits per heavy atom. The lowest BCUT2D eigenvalue weighted by Gasteiger charge is -2.08. The molecule has 0 spiro atoms. The molecule has 4 N–H and O–H groups in total. The van der Waals surface area contributed by atoms with Crippen molar-refractivity contribution in [2.75, 3.05) is 18.1 Å². The average molecular weight is 300 g/mol. The van der Waals surface area contributed by atoms with Crippen LogP contribution < -0.4 is 20.9 Å². The maximum absolute atomic E-state index is 12.0. The fraction of sp³-hybridized carbons (Fsp3) is 0.235. The summed E-state index contributed by atoms with van der Waals surface area (Å²) >= 11 is 0. The van der Waals surface area contributed by atoms with Crippen molar-refractivity contribution in [3.05, 3.63) is 48.0 Å². The molecule has 22 heavy (non-hydrogen) atoms. The lowest BCUT2D eigenvalue weighted by atomic mass is 10.2. The minimum Gasteiger partial charge on any atom is -0.494 e. The number of hydrogen-bond acceptors (Lipinski definition) is 5. The van der Waals surface area contributed by atoms with Crippen molar-refractivity contribution in [2.24, 2.45) is 0 Å². The van der Waals surface area contributed by atoms with E-state index in [0.717, 1.165) is 18.6 Å². The number of anilines is 2. The third kappa shape index (κ3) is 4.41. The number of benzene rings is 2. The molecule has 2 aromatic carbocycles. The monoisotopic (exact) mass is 300 g/mol. The predicted octanol–water partition coefficient (Wildman–Crippen LogP) is 3.25. The Labute approximate surface area is 129 Å². The molecule has 2 rings (SSSR count). The van der Waals surface area contributed by atoms with Crippen molar-refractivity contribution in [1.29, 1.82) is 0 Å². The van der Waals surface area contributed by atoms with E-state index in [9.17, 15) is 4.79 Å². The van der Waals surface area contributed by atoms with Crippen LogP contribution in [0, 0.1) is 0 Å². The van der Waals surface area contributed by atoms with Crippen LogP contribution in [0.4, 0.5) is 11.4 Å². The fourth-order valence-corrected chi connectivity index (χ4v) is 1.90. The number of ether oxygens (including phenoxy) is 2. The summed E-state index contributed by atoms with van der Waals surface area (Å²) in [7, 11) is 0. The van der Waals surface area contributed by atoms with Gasteiger partial charge in [0.15, 0.2) is 0 Å². The first kappa shape index (κ1) is 15.7. The number of carbonyl (C=O) groups excluding carboxylic acids is 1. The van der Waals surface area contributed by atoms with Crippen LogP contribution in [0.3, 0.4) is 0 Å². The maximum Gasteiger partial charge on any atom is 0.343 e. The van der Waals surface area contributed by atoms with Crippen molar-refractivity contribution in [2.45, 2.75) is 19.8 Å². The Balaban J connectivity index is 1.99. The van der Waals surface area contributed by atoms with Crippen LogP contribution in [0.15, 0.2) is 42.5 Å². The van der Waals surface area contributed by atoms with Gasteiger partial charge in [-0.15, -0.1) is 0 Å². The number of esters is 1. The Hall–Kier alpha value is -2.69. The van der Waals surface area contributed by atoms with Crippen LogP contribution in [0.5, 0.6) is 11.5 Å². The molecule has 0 aliphatic rings. The molecule has 0 unspecified atom stereocenters. The Bertz CT molecular complexity index is 619. The molecule has 0 atom stereocenters. The van der Waals surface area contributed by atoms with Crippen molar-refractivity contribution in [3.63, 3.8) is 0 Å². The lowest BCUT2D eigenvalue weighted by Crippen LogP contribution is -2.09. The van der Waals surface area contributed by atoms with Crippen LogP contribution >= 0.6 is 0 Å². The number of nitrogen functional groups attached to an aromatic ring is 2. The zero-order valence-corrected chi connectivity index (χ0v) is 12.5. The van der Waals surface area contributed by atoms with Gasteiger partial charge < -0.3 is 20.9 Å². The molecule has 0 aliphatic heterocycles. The van der Waals surface area contributed by atoms with Crippen LogP contribution in [0.2, 0.25) is 0 Å². The summed E-state index contributed by atoms with van der Waals surface area (Å²) in [5.41, 5.74) is 12.5. The second-order valence-corrected chi connectivity index (χ2v) is 4.95. The molecule has 5 heteroatoms. The highest BCUT2D eigenvalue weighted by Crippen LogP contribution is 2.20. The molecule has 116 valence electrons. The van der Waals surface area contributed by atoms with Gasteiger partial charge in [0, 0.05) is 11.4 Å². The third-order valence-electron chi connectivity index (χ3n) is 3.01. The van der Waals surface area contributed by atoms with E-state index in [2.05, 4.69) is 6.92 Å². The molecule has 0 aromatic heterocycles. The summed E-state index contributed by atoms with van der Waals surface area (Å²) in [4.78, 5) is 12.0. The second kappa shape index (κ2) is 7.36. The molecule has 5 nitrogen and oxygen atoms in total. The summed E-state index contributed by atoms with van der Waals surface area (Å²) in [5.74, 6) is 0.689. The van der Waals surface area contributed by atoms with Crippen LogP contribution in [-0.2, 0) is 0 Å². The summed E-state index contributed by atoms with van der Waals surface area (Å²) in [6.45, 7) is 2.78. The van der Waals surface area contributed by atoms with Gasteiger partial charge in [-0.1, -0.05) is 13.3 Å². The van der Waals surface area contributed by atoms with Crippen molar-refractivity contribution in [1.82, 2.24) is 0 Å². The van der Waals surface area contributed by atoms with Crippen LogP contribution in [0.1, 0.15) is 30.1 Å². The second-order valence-electron chi connectivity index (χ2n) is 4.95. The normalized spacial score (nSPS) is 10.2. The van der Waals surface area contributed by atoms with E-state index in [1.165, 1.54) is 12.1 Å². The van der Waals surface area contributed by atoms with Crippen LogP contribution in [0.25, 0.3) is 0 Å². The van der Waals surface area contributed by atoms with E-state index in [0.29, 0.717) is 29.3 Å². The van der Waals surface area contributed by atoms with Gasteiger partial charge in [-0.05, 0) is 48.9 Å². The zero-order chi connectivity index (χ0) is 15.9. The Morgan fingerprint density at radius 1 is 1.00 bits per heavy atom. The van der Waals surface area contributed by atoms with E-state index in [1.54, 1.807) is 30.3 Å². The Morgan fingerprint density at radius 3 is 2.18 bits per heavy atom. The van der Waals surface area contributed by atoms with Gasteiger partial charge in [0.05, 0.1) is 12.2 Å². The molecule has 2 aromatic rings. The van der Waals surface area contributed by atoms with E-state index < -0.39 is 5.97 Å². The van der Waals surface area contributed by atoms with Gasteiger partial charge in [-0.25, -0.2) is 4.79 Å². The lowest BCUT2D eigenvalue weighted by molar-refractivity contribution is 0.0734. The molecule has 0 amide bonds. The standard InChI is InChI=1S/C17H20N2O3/c1-2-3-8-21-15-4-6-16(7-5-15)22-17(20)12-9-13(18)11-14(19)10-12/h4-7,9-11H,2-3,8,18-19H2,1H3. The van der Waals surface area contributed by atoms with E-state index in [1.807, 2.05) is 0 Å². The first-order chi connectivity index (χ1) is 10.6. The van der Waals surface area contributed by atoms with Crippen LogP contribution in [-0.4, -0.2) is 12.6 Å². The van der Waals surface area contributed by atoms with Gasteiger partial charge in [0.2, 0.25) is 0 Å². The predicted molar refractivity (Wildman–Crippen MR) is 87.1 cm³/mol. The molecule has 0 aliphatic carbocycles. The molecule has 0 bridgehead atoms. The third-order valence-corrected chi connectivity index (χ3v) is 3.01. The van der Waals surface area contributed by atoms with Gasteiger partial charge in [-0.3, -0.25) is 0 Å². The molecular weight excluding hydrogens is 280 g/mol. The fourth-order valence-electron chi connectivity index (χ4n) is 1.90. The van der Waals surface area contributed by atoms with Gasteiger partial charge in [-0.2, -0.15) is 0 Å². The minimum absolute atomic E-state index is 0.320. The average Bonchev–Trinajstić information content (AvgIpc) is 2.48. The van der Waals surface area contributed by atoms with E-state index in [-0.39, 0.29) is 0 Å². The van der Waals surface area contributed by atoms with Crippen molar-refractivity contribution < 1.29 is 14.3 Å². The van der Waals surface area contributed by atoms with Gasteiger partial charge in [0.25, 0.3) is 0 Å². The quantitative estimate of drug-likeness (QED) is 0.370. The first-order valence-corrected chi connectivity index (χ1v) is 7.19. The highest BCUT2D eigenvalue weighted by molar-refractivity contribution is 5.93. The van der Waals surface area contributed by atoms with E-state index in [4.69, 9.17) is 20.9 Å². The number of unbranched alkanes of at least 4 members (excludes halogenated alkanes) is 1. The molecule has 0 saturated heterocycles. The molecule has 0 saturated carbocycles. The van der Waals surface area contributed by atoms with Gasteiger partial charge in [0.1, 0.15) is 11.5 Å². The SMILES string of the molecule is CCCCOc1ccc(OC(=O)c2cc(N)cc(N)c2)cc1. The molecular formula is C17H20N2O3. The first-order valence-electron chi connectivity index (χ1n) is 7.19. The van der Waals surface area contributed by atoms with Gasteiger partial charge >= 0.3 is 5.97 Å². The van der Waals surface area contributed by atoms with Crippen molar-refractivity contribution >= 4 is 17.3 Å². The maximum atomic E-state index is 12.0. The number of rotatable bonds is 6. The molecule has 0 heterocycles. The largest absolute Gasteiger partial charge is 0.494 e.